The van der Waals surface area contributed by atoms with Crippen molar-refractivity contribution < 1.29 is 13.6 Å². The summed E-state index contributed by atoms with van der Waals surface area (Å²) in [5.74, 6) is -2.02. The van der Waals surface area contributed by atoms with E-state index in [0.717, 1.165) is 17.0 Å². The zero-order chi connectivity index (χ0) is 16.8. The Balaban J connectivity index is 1.98. The van der Waals surface area contributed by atoms with Crippen LogP contribution in [0.2, 0.25) is 0 Å². The number of H-pyrrole nitrogens is 1. The lowest BCUT2D eigenvalue weighted by Gasteiger charge is -2.35. The normalized spacial score (nSPS) is 17.1. The van der Waals surface area contributed by atoms with Crippen LogP contribution in [0.1, 0.15) is 29.8 Å². The van der Waals surface area contributed by atoms with E-state index in [1.54, 1.807) is 11.1 Å². The first-order chi connectivity index (χ1) is 11.6. The molecule has 0 spiro atoms. The van der Waals surface area contributed by atoms with Crippen molar-refractivity contribution in [3.8, 4) is 0 Å². The quantitative estimate of drug-likeness (QED) is 0.745. The molecule has 1 amide bonds. The largest absolute Gasteiger partial charge is 0.341 e. The number of benzene rings is 1. The number of nitrogens with one attached hydrogen (secondary N) is 1. The lowest BCUT2D eigenvalue weighted by molar-refractivity contribution is -0.131. The number of carbonyl (C=O) groups is 1. The standard InChI is InChI=1S/C18H15F2N3O/c1-10(24)23-9-7-11-12-5-3-8-21-18(12)22-16(11)17(23)13-4-2-6-14(19)15(13)20/h2-6,8,17H,7,9H2,1H3,(H,21,22). The number of carbonyl (C=O) groups excluding carboxylic acids is 1. The maximum Gasteiger partial charge on any atom is 0.220 e. The number of rotatable bonds is 1. The molecule has 0 bridgehead atoms. The lowest BCUT2D eigenvalue weighted by atomic mass is 9.92. The van der Waals surface area contributed by atoms with Gasteiger partial charge in [0.2, 0.25) is 5.91 Å². The minimum absolute atomic E-state index is 0.151. The molecule has 3 heterocycles. The summed E-state index contributed by atoms with van der Waals surface area (Å²) in [6.45, 7) is 1.89. The highest BCUT2D eigenvalue weighted by atomic mass is 19.2. The van der Waals surface area contributed by atoms with Gasteiger partial charge in [-0.25, -0.2) is 13.8 Å². The van der Waals surface area contributed by atoms with E-state index in [0.29, 0.717) is 24.3 Å². The summed E-state index contributed by atoms with van der Waals surface area (Å²) in [6.07, 6.45) is 2.32. The second-order valence-electron chi connectivity index (χ2n) is 5.92. The highest BCUT2D eigenvalue weighted by molar-refractivity contribution is 5.83. The molecule has 0 fully saturated rings. The number of pyridine rings is 1. The summed E-state index contributed by atoms with van der Waals surface area (Å²) in [5.41, 5.74) is 2.55. The SMILES string of the molecule is CC(=O)N1CCc2c([nH]c3ncccc23)C1c1cccc(F)c1F. The van der Waals surface area contributed by atoms with Crippen molar-refractivity contribution in [2.45, 2.75) is 19.4 Å². The van der Waals surface area contributed by atoms with Gasteiger partial charge in [0.15, 0.2) is 11.6 Å². The molecule has 1 aliphatic rings. The number of nitrogens with zero attached hydrogens (tertiary/aromatic N) is 2. The Morgan fingerprint density at radius 1 is 1.29 bits per heavy atom. The summed E-state index contributed by atoms with van der Waals surface area (Å²) in [4.78, 5) is 21.1. The van der Waals surface area contributed by atoms with Crippen LogP contribution in [-0.4, -0.2) is 27.3 Å². The number of aromatic amines is 1. The van der Waals surface area contributed by atoms with Gasteiger partial charge in [0.1, 0.15) is 11.7 Å². The van der Waals surface area contributed by atoms with Crippen molar-refractivity contribution in [1.82, 2.24) is 14.9 Å². The van der Waals surface area contributed by atoms with E-state index in [-0.39, 0.29) is 11.5 Å². The molecular formula is C18H15F2N3O. The van der Waals surface area contributed by atoms with Crippen molar-refractivity contribution in [2.75, 3.05) is 6.54 Å². The highest BCUT2D eigenvalue weighted by Crippen LogP contribution is 2.39. The Hall–Kier alpha value is -2.76. The molecule has 1 N–H and O–H groups in total. The van der Waals surface area contributed by atoms with Crippen LogP contribution in [0.3, 0.4) is 0 Å². The van der Waals surface area contributed by atoms with Crippen LogP contribution in [0.15, 0.2) is 36.5 Å². The molecule has 1 unspecified atom stereocenters. The number of amides is 1. The number of hydrogen-bond acceptors (Lipinski definition) is 2. The van der Waals surface area contributed by atoms with Crippen LogP contribution in [0.25, 0.3) is 11.0 Å². The van der Waals surface area contributed by atoms with Crippen LogP contribution in [0.5, 0.6) is 0 Å². The zero-order valence-corrected chi connectivity index (χ0v) is 13.0. The molecule has 24 heavy (non-hydrogen) atoms. The van der Waals surface area contributed by atoms with E-state index < -0.39 is 17.7 Å². The summed E-state index contributed by atoms with van der Waals surface area (Å²) in [6, 6.07) is 7.16. The maximum atomic E-state index is 14.4. The smallest absolute Gasteiger partial charge is 0.220 e. The Labute approximate surface area is 137 Å². The van der Waals surface area contributed by atoms with Gasteiger partial charge in [-0.1, -0.05) is 12.1 Å². The van der Waals surface area contributed by atoms with Crippen molar-refractivity contribution in [1.29, 1.82) is 0 Å². The first-order valence-corrected chi connectivity index (χ1v) is 7.74. The Morgan fingerprint density at radius 2 is 2.12 bits per heavy atom. The van der Waals surface area contributed by atoms with Gasteiger partial charge in [-0.2, -0.15) is 0 Å². The second-order valence-corrected chi connectivity index (χ2v) is 5.92. The molecule has 0 radical (unpaired) electrons. The predicted octanol–water partition coefficient (Wildman–Crippen LogP) is 3.34. The third kappa shape index (κ3) is 2.10. The van der Waals surface area contributed by atoms with E-state index in [1.165, 1.54) is 19.1 Å². The first-order valence-electron chi connectivity index (χ1n) is 7.74. The first kappa shape index (κ1) is 14.8. The Morgan fingerprint density at radius 3 is 2.92 bits per heavy atom. The monoisotopic (exact) mass is 327 g/mol. The molecular weight excluding hydrogens is 312 g/mol. The fourth-order valence-electron chi connectivity index (χ4n) is 3.51. The molecule has 6 heteroatoms. The average molecular weight is 327 g/mol. The van der Waals surface area contributed by atoms with Gasteiger partial charge in [-0.15, -0.1) is 0 Å². The highest BCUT2D eigenvalue weighted by Gasteiger charge is 2.35. The minimum Gasteiger partial charge on any atom is -0.341 e. The molecule has 2 aromatic heterocycles. The van der Waals surface area contributed by atoms with Crippen molar-refractivity contribution >= 4 is 16.9 Å². The van der Waals surface area contributed by atoms with Gasteiger partial charge in [-0.05, 0) is 30.2 Å². The third-order valence-electron chi connectivity index (χ3n) is 4.58. The van der Waals surface area contributed by atoms with Gasteiger partial charge in [0, 0.05) is 36.3 Å². The fraction of sp³-hybridized carbons (Fsp3) is 0.222. The Kier molecular flexibility index (Phi) is 3.33. The molecule has 1 atom stereocenters. The molecule has 0 saturated heterocycles. The van der Waals surface area contributed by atoms with E-state index in [4.69, 9.17) is 0 Å². The zero-order valence-electron chi connectivity index (χ0n) is 13.0. The van der Waals surface area contributed by atoms with Crippen LogP contribution >= 0.6 is 0 Å². The molecule has 122 valence electrons. The predicted molar refractivity (Wildman–Crippen MR) is 85.4 cm³/mol. The van der Waals surface area contributed by atoms with Gasteiger partial charge in [0.25, 0.3) is 0 Å². The van der Waals surface area contributed by atoms with Gasteiger partial charge >= 0.3 is 0 Å². The summed E-state index contributed by atoms with van der Waals surface area (Å²) >= 11 is 0. The molecule has 1 aromatic carbocycles. The topological polar surface area (TPSA) is 49.0 Å². The van der Waals surface area contributed by atoms with E-state index in [1.807, 2.05) is 12.1 Å². The van der Waals surface area contributed by atoms with Crippen LogP contribution < -0.4 is 0 Å². The van der Waals surface area contributed by atoms with E-state index >= 15 is 0 Å². The lowest BCUT2D eigenvalue weighted by Crippen LogP contribution is -2.39. The van der Waals surface area contributed by atoms with Gasteiger partial charge in [0.05, 0.1) is 0 Å². The maximum absolute atomic E-state index is 14.4. The minimum atomic E-state index is -0.923. The molecule has 0 aliphatic carbocycles. The molecule has 3 aromatic rings. The van der Waals surface area contributed by atoms with Crippen LogP contribution in [0, 0.1) is 11.6 Å². The summed E-state index contributed by atoms with van der Waals surface area (Å²) in [7, 11) is 0. The number of fused-ring (bicyclic) bond motifs is 3. The van der Waals surface area contributed by atoms with E-state index in [9.17, 15) is 13.6 Å². The summed E-state index contributed by atoms with van der Waals surface area (Å²) in [5, 5.41) is 0.956. The molecule has 0 saturated carbocycles. The van der Waals surface area contributed by atoms with Crippen LogP contribution in [-0.2, 0) is 11.2 Å². The fourth-order valence-corrected chi connectivity index (χ4v) is 3.51. The number of aromatic nitrogens is 2. The second kappa shape index (κ2) is 5.40. The van der Waals surface area contributed by atoms with Crippen molar-refractivity contribution in [3.63, 3.8) is 0 Å². The van der Waals surface area contributed by atoms with E-state index in [2.05, 4.69) is 9.97 Å². The number of hydrogen-bond donors (Lipinski definition) is 1. The Bertz CT molecular complexity index is 951. The van der Waals surface area contributed by atoms with Gasteiger partial charge < -0.3 is 9.88 Å². The van der Waals surface area contributed by atoms with Gasteiger partial charge in [-0.3, -0.25) is 4.79 Å². The van der Waals surface area contributed by atoms with Crippen LogP contribution in [0.4, 0.5) is 8.78 Å². The third-order valence-corrected chi connectivity index (χ3v) is 4.58. The summed E-state index contributed by atoms with van der Waals surface area (Å²) < 4.78 is 28.2. The van der Waals surface area contributed by atoms with Crippen molar-refractivity contribution in [3.05, 3.63) is 65.0 Å². The molecule has 4 nitrogen and oxygen atoms in total. The molecule has 1 aliphatic heterocycles. The average Bonchev–Trinajstić information content (AvgIpc) is 2.95. The van der Waals surface area contributed by atoms with Crippen molar-refractivity contribution in [2.24, 2.45) is 0 Å². The number of halogens is 2. The molecule has 4 rings (SSSR count).